The molecule has 1 heterocycles. The van der Waals surface area contributed by atoms with Crippen LogP contribution in [0.1, 0.15) is 71.2 Å². The lowest BCUT2D eigenvalue weighted by Crippen LogP contribution is -2.24. The molecule has 20 heavy (non-hydrogen) atoms. The molecule has 1 atom stereocenters. The van der Waals surface area contributed by atoms with Gasteiger partial charge < -0.3 is 5.32 Å². The second-order valence-corrected chi connectivity index (χ2v) is 9.52. The molecule has 0 aromatic carbocycles. The summed E-state index contributed by atoms with van der Waals surface area (Å²) in [5.74, 6) is 0.724. The van der Waals surface area contributed by atoms with E-state index in [1.165, 1.54) is 9.75 Å². The van der Waals surface area contributed by atoms with Gasteiger partial charge in [0, 0.05) is 15.8 Å². The molecule has 2 heteroatoms. The Kier molecular flexibility index (Phi) is 3.88. The monoisotopic (exact) mass is 293 g/mol. The number of thiophene rings is 1. The summed E-state index contributed by atoms with van der Waals surface area (Å²) in [6.45, 7) is 19.8. The summed E-state index contributed by atoms with van der Waals surface area (Å²) in [6.07, 6.45) is 0. The molecular formula is C18H31NS. The fraction of sp³-hybridized carbons (Fsp3) is 0.778. The van der Waals surface area contributed by atoms with Crippen molar-refractivity contribution < 1.29 is 0 Å². The van der Waals surface area contributed by atoms with Crippen LogP contribution in [-0.2, 0) is 5.41 Å². The lowest BCUT2D eigenvalue weighted by atomic mass is 9.95. The van der Waals surface area contributed by atoms with Gasteiger partial charge in [-0.05, 0) is 40.8 Å². The molecule has 1 N–H and O–H groups in total. The smallest absolute Gasteiger partial charge is 0.0454 e. The van der Waals surface area contributed by atoms with Gasteiger partial charge in [-0.1, -0.05) is 55.4 Å². The molecule has 1 saturated carbocycles. The molecule has 1 nitrogen and oxygen atoms in total. The summed E-state index contributed by atoms with van der Waals surface area (Å²) < 4.78 is 0. The van der Waals surface area contributed by atoms with Crippen LogP contribution in [0.5, 0.6) is 0 Å². The molecule has 1 aromatic heterocycles. The molecule has 114 valence electrons. The summed E-state index contributed by atoms with van der Waals surface area (Å²) >= 11 is 2.00. The average molecular weight is 294 g/mol. The molecule has 2 rings (SSSR count). The largest absolute Gasteiger partial charge is 0.309 e. The highest BCUT2D eigenvalue weighted by Crippen LogP contribution is 2.72. The van der Waals surface area contributed by atoms with Gasteiger partial charge in [0.2, 0.25) is 0 Å². The fourth-order valence-corrected chi connectivity index (χ4v) is 4.79. The summed E-state index contributed by atoms with van der Waals surface area (Å²) in [5, 5.41) is 3.75. The van der Waals surface area contributed by atoms with Crippen LogP contribution in [0.2, 0.25) is 0 Å². The van der Waals surface area contributed by atoms with Crippen LogP contribution in [0, 0.1) is 16.7 Å². The topological polar surface area (TPSA) is 12.0 Å². The van der Waals surface area contributed by atoms with Crippen molar-refractivity contribution in [3.8, 4) is 0 Å². The Hall–Kier alpha value is -0.340. The van der Waals surface area contributed by atoms with E-state index in [0.717, 1.165) is 12.5 Å². The van der Waals surface area contributed by atoms with E-state index in [0.29, 0.717) is 16.9 Å². The zero-order valence-corrected chi connectivity index (χ0v) is 15.2. The third-order valence-corrected chi connectivity index (χ3v) is 7.16. The average Bonchev–Trinajstić information content (AvgIpc) is 2.71. The maximum Gasteiger partial charge on any atom is 0.0454 e. The Balaban J connectivity index is 2.29. The first kappa shape index (κ1) is 16.0. The molecule has 0 bridgehead atoms. The van der Waals surface area contributed by atoms with E-state index in [2.05, 4.69) is 72.8 Å². The highest BCUT2D eigenvalue weighted by molar-refractivity contribution is 7.12. The second-order valence-electron chi connectivity index (χ2n) is 8.41. The van der Waals surface area contributed by atoms with Crippen LogP contribution >= 0.6 is 11.3 Å². The minimum Gasteiger partial charge on any atom is -0.309 e. The molecule has 1 aromatic rings. The lowest BCUT2D eigenvalue weighted by molar-refractivity contribution is 0.424. The van der Waals surface area contributed by atoms with Crippen molar-refractivity contribution in [2.75, 3.05) is 6.54 Å². The van der Waals surface area contributed by atoms with E-state index >= 15 is 0 Å². The Labute approximate surface area is 129 Å². The van der Waals surface area contributed by atoms with Crippen LogP contribution < -0.4 is 5.32 Å². The molecule has 1 unspecified atom stereocenters. The van der Waals surface area contributed by atoms with Gasteiger partial charge in [0.05, 0.1) is 0 Å². The Morgan fingerprint density at radius 3 is 2.05 bits per heavy atom. The van der Waals surface area contributed by atoms with Crippen LogP contribution in [-0.4, -0.2) is 6.54 Å². The first-order valence-corrected chi connectivity index (χ1v) is 8.68. The fourth-order valence-electron chi connectivity index (χ4n) is 3.61. The van der Waals surface area contributed by atoms with E-state index in [1.54, 1.807) is 0 Å². The number of hydrogen-bond acceptors (Lipinski definition) is 2. The third-order valence-electron chi connectivity index (χ3n) is 5.56. The summed E-state index contributed by atoms with van der Waals surface area (Å²) in [6, 6.07) is 5.18. The Morgan fingerprint density at radius 1 is 1.15 bits per heavy atom. The second kappa shape index (κ2) is 4.84. The molecule has 0 spiro atoms. The number of rotatable bonds is 4. The standard InChI is InChI=1S/C18H31NS/c1-9-19-14(15-17(5,6)18(15,7)8)12-10-11-13(20-12)16(2,3)4/h10-11,14-15,19H,9H2,1-8H3. The third kappa shape index (κ3) is 2.46. The number of nitrogens with one attached hydrogen (secondary N) is 1. The molecule has 0 radical (unpaired) electrons. The highest BCUT2D eigenvalue weighted by Gasteiger charge is 2.67. The van der Waals surface area contributed by atoms with Gasteiger partial charge in [-0.2, -0.15) is 0 Å². The first-order valence-electron chi connectivity index (χ1n) is 7.87. The molecule has 0 amide bonds. The van der Waals surface area contributed by atoms with Gasteiger partial charge in [-0.3, -0.25) is 0 Å². The SMILES string of the molecule is CCNC(c1ccc(C(C)(C)C)s1)C1C(C)(C)C1(C)C. The lowest BCUT2D eigenvalue weighted by Gasteiger charge is -2.20. The molecule has 1 aliphatic carbocycles. The van der Waals surface area contributed by atoms with E-state index < -0.39 is 0 Å². The van der Waals surface area contributed by atoms with Gasteiger partial charge in [-0.15, -0.1) is 11.3 Å². The molecule has 1 aliphatic rings. The summed E-state index contributed by atoms with van der Waals surface area (Å²) in [5.41, 5.74) is 1.10. The maximum atomic E-state index is 3.75. The van der Waals surface area contributed by atoms with Gasteiger partial charge >= 0.3 is 0 Å². The van der Waals surface area contributed by atoms with Crippen molar-refractivity contribution in [3.63, 3.8) is 0 Å². The zero-order chi connectivity index (χ0) is 15.3. The van der Waals surface area contributed by atoms with Crippen molar-refractivity contribution in [1.29, 1.82) is 0 Å². The summed E-state index contributed by atoms with van der Waals surface area (Å²) in [4.78, 5) is 3.01. The summed E-state index contributed by atoms with van der Waals surface area (Å²) in [7, 11) is 0. The quantitative estimate of drug-likeness (QED) is 0.786. The van der Waals surface area contributed by atoms with E-state index in [9.17, 15) is 0 Å². The molecule has 0 aliphatic heterocycles. The van der Waals surface area contributed by atoms with Crippen LogP contribution in [0.25, 0.3) is 0 Å². The Bertz CT molecular complexity index is 462. The van der Waals surface area contributed by atoms with Crippen molar-refractivity contribution in [2.45, 2.75) is 66.8 Å². The van der Waals surface area contributed by atoms with E-state index in [1.807, 2.05) is 11.3 Å². The van der Waals surface area contributed by atoms with Gasteiger partial charge in [0.15, 0.2) is 0 Å². The minimum atomic E-state index is 0.258. The van der Waals surface area contributed by atoms with Gasteiger partial charge in [0.25, 0.3) is 0 Å². The van der Waals surface area contributed by atoms with Crippen LogP contribution in [0.4, 0.5) is 0 Å². The molecular weight excluding hydrogens is 262 g/mol. The van der Waals surface area contributed by atoms with E-state index in [4.69, 9.17) is 0 Å². The van der Waals surface area contributed by atoms with Crippen molar-refractivity contribution in [1.82, 2.24) is 5.32 Å². The molecule has 1 fully saturated rings. The van der Waals surface area contributed by atoms with Crippen LogP contribution in [0.3, 0.4) is 0 Å². The minimum absolute atomic E-state index is 0.258. The van der Waals surface area contributed by atoms with Gasteiger partial charge in [0.1, 0.15) is 0 Å². The predicted molar refractivity (Wildman–Crippen MR) is 90.5 cm³/mol. The molecule has 0 saturated heterocycles. The van der Waals surface area contributed by atoms with Crippen molar-refractivity contribution in [2.24, 2.45) is 16.7 Å². The van der Waals surface area contributed by atoms with Crippen molar-refractivity contribution >= 4 is 11.3 Å². The maximum absolute atomic E-state index is 3.75. The van der Waals surface area contributed by atoms with E-state index in [-0.39, 0.29) is 5.41 Å². The predicted octanol–water partition coefficient (Wildman–Crippen LogP) is 5.38. The first-order chi connectivity index (χ1) is 9.03. The zero-order valence-electron chi connectivity index (χ0n) is 14.4. The normalized spacial score (nSPS) is 22.8. The van der Waals surface area contributed by atoms with Crippen molar-refractivity contribution in [3.05, 3.63) is 21.9 Å². The Morgan fingerprint density at radius 2 is 1.70 bits per heavy atom. The number of hydrogen-bond donors (Lipinski definition) is 1. The van der Waals surface area contributed by atoms with Crippen LogP contribution in [0.15, 0.2) is 12.1 Å². The highest BCUT2D eigenvalue weighted by atomic mass is 32.1. The van der Waals surface area contributed by atoms with Gasteiger partial charge in [-0.25, -0.2) is 0 Å².